The monoisotopic (exact) mass is 310 g/mol. The summed E-state index contributed by atoms with van der Waals surface area (Å²) in [5.41, 5.74) is 0.719. The van der Waals surface area contributed by atoms with Crippen molar-refractivity contribution in [3.8, 4) is 0 Å². The SMILES string of the molecule is Cc1ccccc1S(=O)(=O)NCC1CC(=O)N(C(C)C)C1. The highest BCUT2D eigenvalue weighted by Crippen LogP contribution is 2.20. The van der Waals surface area contributed by atoms with Gasteiger partial charge in [0, 0.05) is 25.6 Å². The Hall–Kier alpha value is -1.40. The molecule has 1 aromatic carbocycles. The van der Waals surface area contributed by atoms with Gasteiger partial charge in [0.15, 0.2) is 0 Å². The van der Waals surface area contributed by atoms with Gasteiger partial charge in [-0.15, -0.1) is 0 Å². The first-order valence-corrected chi connectivity index (χ1v) is 8.64. The largest absolute Gasteiger partial charge is 0.340 e. The number of hydrogen-bond acceptors (Lipinski definition) is 3. The molecule has 1 aromatic rings. The quantitative estimate of drug-likeness (QED) is 0.897. The van der Waals surface area contributed by atoms with Crippen molar-refractivity contribution >= 4 is 15.9 Å². The molecule has 0 radical (unpaired) electrons. The maximum Gasteiger partial charge on any atom is 0.240 e. The summed E-state index contributed by atoms with van der Waals surface area (Å²) < 4.78 is 27.2. The van der Waals surface area contributed by atoms with Gasteiger partial charge >= 0.3 is 0 Å². The molecule has 5 nitrogen and oxygen atoms in total. The number of carbonyl (C=O) groups excluding carboxylic acids is 1. The first kappa shape index (κ1) is 16.0. The Morgan fingerprint density at radius 1 is 1.33 bits per heavy atom. The van der Waals surface area contributed by atoms with Gasteiger partial charge in [0.25, 0.3) is 0 Å². The van der Waals surface area contributed by atoms with Crippen molar-refractivity contribution in [2.24, 2.45) is 5.92 Å². The minimum absolute atomic E-state index is 0.0405. The van der Waals surface area contributed by atoms with Gasteiger partial charge in [-0.25, -0.2) is 13.1 Å². The normalized spacial score (nSPS) is 19.5. The number of aryl methyl sites for hydroxylation is 1. The molecule has 1 aliphatic rings. The molecular weight excluding hydrogens is 288 g/mol. The Kier molecular flexibility index (Phi) is 4.68. The summed E-state index contributed by atoms with van der Waals surface area (Å²) in [4.78, 5) is 13.9. The predicted octanol–water partition coefficient (Wildman–Crippen LogP) is 1.53. The number of amides is 1. The van der Waals surface area contributed by atoms with E-state index in [0.717, 1.165) is 5.56 Å². The summed E-state index contributed by atoms with van der Waals surface area (Å²) in [7, 11) is -3.51. The van der Waals surface area contributed by atoms with Crippen LogP contribution in [0.25, 0.3) is 0 Å². The van der Waals surface area contributed by atoms with E-state index in [4.69, 9.17) is 0 Å². The molecule has 6 heteroatoms. The predicted molar refractivity (Wildman–Crippen MR) is 81.3 cm³/mol. The highest BCUT2D eigenvalue weighted by atomic mass is 32.2. The Bertz CT molecular complexity index is 626. The first-order chi connectivity index (χ1) is 9.81. The van der Waals surface area contributed by atoms with Crippen LogP contribution in [0.5, 0.6) is 0 Å². The lowest BCUT2D eigenvalue weighted by Crippen LogP contribution is -2.34. The Balaban J connectivity index is 2.01. The lowest BCUT2D eigenvalue weighted by molar-refractivity contribution is -0.129. The number of sulfonamides is 1. The van der Waals surface area contributed by atoms with E-state index < -0.39 is 10.0 Å². The molecule has 1 N–H and O–H groups in total. The van der Waals surface area contributed by atoms with E-state index in [1.807, 2.05) is 19.9 Å². The van der Waals surface area contributed by atoms with Crippen LogP contribution in [0, 0.1) is 12.8 Å². The number of benzene rings is 1. The maximum atomic E-state index is 12.3. The Morgan fingerprint density at radius 2 is 2.00 bits per heavy atom. The van der Waals surface area contributed by atoms with Gasteiger partial charge in [-0.2, -0.15) is 0 Å². The molecule has 2 rings (SSSR count). The van der Waals surface area contributed by atoms with Crippen molar-refractivity contribution in [3.05, 3.63) is 29.8 Å². The minimum atomic E-state index is -3.51. The standard InChI is InChI=1S/C15H22N2O3S/c1-11(2)17-10-13(8-15(17)18)9-16-21(19,20)14-7-5-4-6-12(14)3/h4-7,11,13,16H,8-10H2,1-3H3. The van der Waals surface area contributed by atoms with Crippen molar-refractivity contribution in [3.63, 3.8) is 0 Å². The molecule has 1 amide bonds. The lowest BCUT2D eigenvalue weighted by Gasteiger charge is -2.21. The van der Waals surface area contributed by atoms with Crippen LogP contribution in [-0.2, 0) is 14.8 Å². The second kappa shape index (κ2) is 6.15. The molecule has 1 aliphatic heterocycles. The van der Waals surface area contributed by atoms with Crippen LogP contribution in [0.4, 0.5) is 0 Å². The summed E-state index contributed by atoms with van der Waals surface area (Å²) >= 11 is 0. The zero-order chi connectivity index (χ0) is 15.6. The summed E-state index contributed by atoms with van der Waals surface area (Å²) in [6.45, 7) is 6.63. The molecule has 116 valence electrons. The van der Waals surface area contributed by atoms with Crippen molar-refractivity contribution in [2.45, 2.75) is 38.1 Å². The van der Waals surface area contributed by atoms with Crippen LogP contribution in [0.15, 0.2) is 29.2 Å². The zero-order valence-corrected chi connectivity index (χ0v) is 13.5. The van der Waals surface area contributed by atoms with Crippen molar-refractivity contribution in [2.75, 3.05) is 13.1 Å². The molecule has 1 saturated heterocycles. The molecule has 0 saturated carbocycles. The van der Waals surface area contributed by atoms with E-state index in [2.05, 4.69) is 4.72 Å². The third-order valence-electron chi connectivity index (χ3n) is 3.81. The number of nitrogens with zero attached hydrogens (tertiary/aromatic N) is 1. The minimum Gasteiger partial charge on any atom is -0.340 e. The van der Waals surface area contributed by atoms with E-state index in [1.165, 1.54) is 0 Å². The fourth-order valence-electron chi connectivity index (χ4n) is 2.61. The van der Waals surface area contributed by atoms with Gasteiger partial charge in [0.05, 0.1) is 4.90 Å². The molecule has 21 heavy (non-hydrogen) atoms. The maximum absolute atomic E-state index is 12.3. The number of likely N-dealkylation sites (tertiary alicyclic amines) is 1. The molecule has 0 bridgehead atoms. The van der Waals surface area contributed by atoms with Crippen LogP contribution in [-0.4, -0.2) is 38.4 Å². The summed E-state index contributed by atoms with van der Waals surface area (Å²) in [6, 6.07) is 7.05. The number of carbonyl (C=O) groups is 1. The topological polar surface area (TPSA) is 66.5 Å². The van der Waals surface area contributed by atoms with Crippen molar-refractivity contribution < 1.29 is 13.2 Å². The van der Waals surface area contributed by atoms with Crippen LogP contribution in [0.1, 0.15) is 25.8 Å². The first-order valence-electron chi connectivity index (χ1n) is 7.16. The van der Waals surface area contributed by atoms with E-state index in [9.17, 15) is 13.2 Å². The van der Waals surface area contributed by atoms with Gasteiger partial charge in [-0.3, -0.25) is 4.79 Å². The highest BCUT2D eigenvalue weighted by molar-refractivity contribution is 7.89. The van der Waals surface area contributed by atoms with Gasteiger partial charge in [0.2, 0.25) is 15.9 Å². The summed E-state index contributed by atoms with van der Waals surface area (Å²) in [5.74, 6) is 0.142. The molecule has 1 fully saturated rings. The van der Waals surface area contributed by atoms with Gasteiger partial charge < -0.3 is 4.90 Å². The second-order valence-corrected chi connectivity index (χ2v) is 7.56. The Labute approximate surface area is 126 Å². The molecule has 0 aliphatic carbocycles. The lowest BCUT2D eigenvalue weighted by atomic mass is 10.1. The van der Waals surface area contributed by atoms with Crippen molar-refractivity contribution in [1.29, 1.82) is 0 Å². The third-order valence-corrected chi connectivity index (χ3v) is 5.39. The van der Waals surface area contributed by atoms with Crippen molar-refractivity contribution in [1.82, 2.24) is 9.62 Å². The van der Waals surface area contributed by atoms with Crippen LogP contribution in [0.2, 0.25) is 0 Å². The van der Waals surface area contributed by atoms with Crippen LogP contribution in [0.3, 0.4) is 0 Å². The fourth-order valence-corrected chi connectivity index (χ4v) is 3.97. The average Bonchev–Trinajstić information content (AvgIpc) is 2.78. The number of rotatable bonds is 5. The molecular formula is C15H22N2O3S. The zero-order valence-electron chi connectivity index (χ0n) is 12.7. The second-order valence-electron chi connectivity index (χ2n) is 5.83. The summed E-state index contributed by atoms with van der Waals surface area (Å²) in [6.07, 6.45) is 0.411. The molecule has 1 atom stereocenters. The smallest absolute Gasteiger partial charge is 0.240 e. The number of nitrogens with one attached hydrogen (secondary N) is 1. The molecule has 1 unspecified atom stereocenters. The van der Waals surface area contributed by atoms with E-state index in [1.54, 1.807) is 30.0 Å². The number of hydrogen-bond donors (Lipinski definition) is 1. The average molecular weight is 310 g/mol. The van der Waals surface area contributed by atoms with Crippen LogP contribution >= 0.6 is 0 Å². The third kappa shape index (κ3) is 3.63. The van der Waals surface area contributed by atoms with Crippen LogP contribution < -0.4 is 4.72 Å². The van der Waals surface area contributed by atoms with Gasteiger partial charge in [-0.1, -0.05) is 18.2 Å². The molecule has 1 heterocycles. The van der Waals surface area contributed by atoms with E-state index in [-0.39, 0.29) is 17.9 Å². The molecule has 0 aromatic heterocycles. The highest BCUT2D eigenvalue weighted by Gasteiger charge is 2.31. The summed E-state index contributed by atoms with van der Waals surface area (Å²) in [5, 5.41) is 0. The van der Waals surface area contributed by atoms with Gasteiger partial charge in [-0.05, 0) is 38.3 Å². The molecule has 0 spiro atoms. The van der Waals surface area contributed by atoms with Gasteiger partial charge in [0.1, 0.15) is 0 Å². The van der Waals surface area contributed by atoms with E-state index >= 15 is 0 Å². The van der Waals surface area contributed by atoms with E-state index in [0.29, 0.717) is 24.4 Å². The Morgan fingerprint density at radius 3 is 2.57 bits per heavy atom. The fraction of sp³-hybridized carbons (Fsp3) is 0.533.